The Morgan fingerprint density at radius 3 is 2.96 bits per heavy atom. The van der Waals surface area contributed by atoms with Gasteiger partial charge in [-0.2, -0.15) is 5.10 Å². The summed E-state index contributed by atoms with van der Waals surface area (Å²) in [7, 11) is 0. The number of hydrogen-bond donors (Lipinski definition) is 3. The van der Waals surface area contributed by atoms with Gasteiger partial charge in [-0.05, 0) is 44.7 Å². The topological polar surface area (TPSA) is 109 Å². The van der Waals surface area contributed by atoms with Crippen molar-refractivity contribution in [3.05, 3.63) is 41.3 Å². The van der Waals surface area contributed by atoms with Gasteiger partial charge in [0.2, 0.25) is 0 Å². The Hall–Kier alpha value is -2.90. The molecule has 8 heteroatoms. The lowest BCUT2D eigenvalue weighted by Crippen LogP contribution is -2.28. The summed E-state index contributed by atoms with van der Waals surface area (Å²) in [4.78, 5) is 28.1. The minimum Gasteiger partial charge on any atom is -0.446 e. The Labute approximate surface area is 158 Å². The van der Waals surface area contributed by atoms with Gasteiger partial charge in [-0.3, -0.25) is 14.9 Å². The summed E-state index contributed by atoms with van der Waals surface area (Å²) in [6.07, 6.45) is 4.52. The number of ether oxygens (including phenoxy) is 1. The van der Waals surface area contributed by atoms with Crippen molar-refractivity contribution in [3.63, 3.8) is 0 Å². The highest BCUT2D eigenvalue weighted by molar-refractivity contribution is 6.03. The number of H-pyrrole nitrogens is 1. The number of aromatic nitrogens is 3. The molecule has 1 fully saturated rings. The SMILES string of the molecule is CCCNC(=O)O[C@H]1CC[C@@H](c2cc(NC(=O)c3ccnc(C)c3)n[nH]2)C1. The van der Waals surface area contributed by atoms with Crippen LogP contribution in [0.25, 0.3) is 0 Å². The molecule has 3 rings (SSSR count). The van der Waals surface area contributed by atoms with Gasteiger partial charge in [0.25, 0.3) is 5.91 Å². The van der Waals surface area contributed by atoms with Crippen LogP contribution in [0.4, 0.5) is 10.6 Å². The van der Waals surface area contributed by atoms with Crippen LogP contribution in [0, 0.1) is 6.92 Å². The van der Waals surface area contributed by atoms with Gasteiger partial charge in [0.1, 0.15) is 6.10 Å². The van der Waals surface area contributed by atoms with Gasteiger partial charge in [-0.15, -0.1) is 0 Å². The van der Waals surface area contributed by atoms with E-state index in [9.17, 15) is 9.59 Å². The highest BCUT2D eigenvalue weighted by atomic mass is 16.6. The van der Waals surface area contributed by atoms with E-state index in [0.717, 1.165) is 37.1 Å². The normalized spacial score (nSPS) is 18.9. The van der Waals surface area contributed by atoms with Gasteiger partial charge >= 0.3 is 6.09 Å². The Bertz CT molecular complexity index is 804. The molecule has 2 heterocycles. The Morgan fingerprint density at radius 2 is 2.19 bits per heavy atom. The van der Waals surface area contributed by atoms with Crippen LogP contribution < -0.4 is 10.6 Å². The van der Waals surface area contributed by atoms with E-state index in [0.29, 0.717) is 17.9 Å². The molecular formula is C19H25N5O3. The zero-order valence-electron chi connectivity index (χ0n) is 15.6. The number of nitrogens with zero attached hydrogens (tertiary/aromatic N) is 2. The first-order chi connectivity index (χ1) is 13.0. The fourth-order valence-electron chi connectivity index (χ4n) is 3.23. The number of hydrogen-bond acceptors (Lipinski definition) is 5. The first-order valence-corrected chi connectivity index (χ1v) is 9.29. The van der Waals surface area contributed by atoms with Crippen LogP contribution in [0.3, 0.4) is 0 Å². The summed E-state index contributed by atoms with van der Waals surface area (Å²) in [6, 6.07) is 5.24. The number of nitrogens with one attached hydrogen (secondary N) is 3. The number of alkyl carbamates (subject to hydrolysis) is 1. The number of anilines is 1. The molecule has 0 aliphatic heterocycles. The summed E-state index contributed by atoms with van der Waals surface area (Å²) in [5, 5.41) is 12.7. The van der Waals surface area contributed by atoms with E-state index >= 15 is 0 Å². The van der Waals surface area contributed by atoms with Gasteiger partial charge < -0.3 is 15.4 Å². The minimum absolute atomic E-state index is 0.0898. The maximum atomic E-state index is 12.3. The van der Waals surface area contributed by atoms with E-state index in [2.05, 4.69) is 25.8 Å². The van der Waals surface area contributed by atoms with Crippen LogP contribution in [0.5, 0.6) is 0 Å². The highest BCUT2D eigenvalue weighted by Gasteiger charge is 2.30. The molecule has 0 radical (unpaired) electrons. The predicted octanol–water partition coefficient (Wildman–Crippen LogP) is 3.14. The van der Waals surface area contributed by atoms with Crippen LogP contribution in [0.15, 0.2) is 24.4 Å². The number of amides is 2. The molecule has 2 atom stereocenters. The Kier molecular flexibility index (Phi) is 6.05. The molecule has 0 saturated heterocycles. The van der Waals surface area contributed by atoms with Crippen LogP contribution in [-0.4, -0.2) is 39.8 Å². The molecule has 0 unspecified atom stereocenters. The fourth-order valence-corrected chi connectivity index (χ4v) is 3.23. The summed E-state index contributed by atoms with van der Waals surface area (Å²) in [5.74, 6) is 0.489. The van der Waals surface area contributed by atoms with Gasteiger partial charge in [0.15, 0.2) is 5.82 Å². The van der Waals surface area contributed by atoms with Gasteiger partial charge in [0.05, 0.1) is 0 Å². The summed E-state index contributed by atoms with van der Waals surface area (Å²) >= 11 is 0. The lowest BCUT2D eigenvalue weighted by atomic mass is 10.0. The molecule has 27 heavy (non-hydrogen) atoms. The lowest BCUT2D eigenvalue weighted by Gasteiger charge is -2.12. The minimum atomic E-state index is -0.354. The van der Waals surface area contributed by atoms with E-state index in [4.69, 9.17) is 4.74 Å². The average molecular weight is 371 g/mol. The van der Waals surface area contributed by atoms with Gasteiger partial charge in [-0.25, -0.2) is 4.79 Å². The smallest absolute Gasteiger partial charge is 0.407 e. The highest BCUT2D eigenvalue weighted by Crippen LogP contribution is 2.35. The second kappa shape index (κ2) is 8.66. The zero-order chi connectivity index (χ0) is 19.2. The first-order valence-electron chi connectivity index (χ1n) is 9.29. The predicted molar refractivity (Wildman–Crippen MR) is 101 cm³/mol. The van der Waals surface area contributed by atoms with E-state index in [-0.39, 0.29) is 24.0 Å². The maximum absolute atomic E-state index is 12.3. The van der Waals surface area contributed by atoms with Crippen molar-refractivity contribution in [2.24, 2.45) is 0 Å². The monoisotopic (exact) mass is 371 g/mol. The van der Waals surface area contributed by atoms with Crippen LogP contribution in [-0.2, 0) is 4.74 Å². The molecule has 1 saturated carbocycles. The van der Waals surface area contributed by atoms with Gasteiger partial charge in [-0.1, -0.05) is 6.92 Å². The number of aromatic amines is 1. The molecule has 3 N–H and O–H groups in total. The van der Waals surface area contributed by atoms with Crippen molar-refractivity contribution < 1.29 is 14.3 Å². The number of pyridine rings is 1. The largest absolute Gasteiger partial charge is 0.446 e. The van der Waals surface area contributed by atoms with Crippen molar-refractivity contribution in [3.8, 4) is 0 Å². The zero-order valence-corrected chi connectivity index (χ0v) is 15.6. The second-order valence-electron chi connectivity index (χ2n) is 6.81. The van der Waals surface area contributed by atoms with Crippen molar-refractivity contribution in [1.82, 2.24) is 20.5 Å². The van der Waals surface area contributed by atoms with Crippen molar-refractivity contribution >= 4 is 17.8 Å². The number of rotatable bonds is 6. The molecule has 1 aliphatic carbocycles. The van der Waals surface area contributed by atoms with Crippen molar-refractivity contribution in [2.45, 2.75) is 51.6 Å². The third-order valence-electron chi connectivity index (χ3n) is 4.62. The summed E-state index contributed by atoms with van der Waals surface area (Å²) in [6.45, 7) is 4.45. The molecule has 0 spiro atoms. The van der Waals surface area contributed by atoms with Crippen LogP contribution >= 0.6 is 0 Å². The Morgan fingerprint density at radius 1 is 1.33 bits per heavy atom. The second-order valence-corrected chi connectivity index (χ2v) is 6.81. The maximum Gasteiger partial charge on any atom is 0.407 e. The molecule has 0 bridgehead atoms. The van der Waals surface area contributed by atoms with E-state index in [1.807, 2.05) is 19.9 Å². The average Bonchev–Trinajstić information content (AvgIpc) is 3.29. The molecule has 8 nitrogen and oxygen atoms in total. The summed E-state index contributed by atoms with van der Waals surface area (Å²) in [5.41, 5.74) is 2.26. The third-order valence-corrected chi connectivity index (χ3v) is 4.62. The van der Waals surface area contributed by atoms with E-state index < -0.39 is 0 Å². The molecular weight excluding hydrogens is 346 g/mol. The van der Waals surface area contributed by atoms with Crippen molar-refractivity contribution in [1.29, 1.82) is 0 Å². The standard InChI is InChI=1S/C19H25N5O3/c1-3-7-21-19(26)27-15-5-4-13(10-15)16-11-17(24-23-16)22-18(25)14-6-8-20-12(2)9-14/h6,8-9,11,13,15H,3-5,7,10H2,1-2H3,(H,21,26)(H2,22,23,24,25)/t13-,15+/m1/s1. The molecule has 0 aromatic carbocycles. The molecule has 1 aliphatic rings. The molecule has 144 valence electrons. The Balaban J connectivity index is 1.53. The van der Waals surface area contributed by atoms with E-state index in [1.54, 1.807) is 18.3 Å². The fraction of sp³-hybridized carbons (Fsp3) is 0.474. The van der Waals surface area contributed by atoms with Crippen molar-refractivity contribution in [2.75, 3.05) is 11.9 Å². The molecule has 2 aromatic rings. The third kappa shape index (κ3) is 5.06. The van der Waals surface area contributed by atoms with E-state index in [1.165, 1.54) is 0 Å². The van der Waals surface area contributed by atoms with Gasteiger partial charge in [0, 0.05) is 41.7 Å². The molecule has 2 amide bonds. The van der Waals surface area contributed by atoms with Crippen LogP contribution in [0.2, 0.25) is 0 Å². The first kappa shape index (κ1) is 18.9. The summed E-state index contributed by atoms with van der Waals surface area (Å²) < 4.78 is 5.45. The number of carbonyl (C=O) groups is 2. The molecule has 2 aromatic heterocycles. The quantitative estimate of drug-likeness (QED) is 0.723. The number of carbonyl (C=O) groups excluding carboxylic acids is 2. The lowest BCUT2D eigenvalue weighted by molar-refractivity contribution is 0.0998. The van der Waals surface area contributed by atoms with Crippen LogP contribution in [0.1, 0.15) is 60.3 Å². The number of aryl methyl sites for hydroxylation is 1.